The van der Waals surface area contributed by atoms with Gasteiger partial charge in [0.25, 0.3) is 0 Å². The van der Waals surface area contributed by atoms with E-state index >= 15 is 0 Å². The molecule has 3 nitrogen and oxygen atoms in total. The van der Waals surface area contributed by atoms with E-state index < -0.39 is 0 Å². The molecule has 0 bridgehead atoms. The van der Waals surface area contributed by atoms with Crippen molar-refractivity contribution in [2.45, 2.75) is 58.4 Å². The van der Waals surface area contributed by atoms with Crippen molar-refractivity contribution in [3.8, 4) is 0 Å². The van der Waals surface area contributed by atoms with E-state index in [0.717, 1.165) is 29.4 Å². The Morgan fingerprint density at radius 3 is 2.91 bits per heavy atom. The number of fused-ring (bicyclic) bond motifs is 1. The molecule has 2 atom stereocenters. The Bertz CT molecular complexity index is 658. The molecule has 3 rings (SSSR count). The minimum absolute atomic E-state index is 0.112. The van der Waals surface area contributed by atoms with E-state index in [1.54, 1.807) is 6.26 Å². The molecule has 1 heterocycles. The van der Waals surface area contributed by atoms with Crippen LogP contribution in [0.3, 0.4) is 0 Å². The summed E-state index contributed by atoms with van der Waals surface area (Å²) in [4.78, 5) is 12.3. The highest BCUT2D eigenvalue weighted by molar-refractivity contribution is 5.88. The van der Waals surface area contributed by atoms with E-state index in [1.807, 2.05) is 0 Å². The molecule has 1 amide bonds. The number of hydrogen-bond donors (Lipinski definition) is 1. The predicted molar refractivity (Wildman–Crippen MR) is 88.9 cm³/mol. The standard InChI is InChI=1S/C19H25NO2/c1-3-14-8-9-16-15(12-22-18(16)10-14)11-19(21)20-17-7-5-4-6-13(17)2/h8-10,12-13,17H,3-7,11H2,1-2H3,(H,20,21)/t13-,17+/m0/s1. The van der Waals surface area contributed by atoms with Crippen LogP contribution in [0.15, 0.2) is 28.9 Å². The molecule has 1 aromatic carbocycles. The maximum absolute atomic E-state index is 12.3. The summed E-state index contributed by atoms with van der Waals surface area (Å²) in [5.74, 6) is 0.701. The van der Waals surface area contributed by atoms with Gasteiger partial charge in [0.1, 0.15) is 5.58 Å². The highest BCUT2D eigenvalue weighted by atomic mass is 16.3. The van der Waals surface area contributed by atoms with Crippen LogP contribution in [0.5, 0.6) is 0 Å². The van der Waals surface area contributed by atoms with Gasteiger partial charge in [-0.15, -0.1) is 0 Å². The van der Waals surface area contributed by atoms with Gasteiger partial charge < -0.3 is 9.73 Å². The van der Waals surface area contributed by atoms with E-state index in [2.05, 4.69) is 37.4 Å². The number of aryl methyl sites for hydroxylation is 1. The fraction of sp³-hybridized carbons (Fsp3) is 0.526. The van der Waals surface area contributed by atoms with Crippen LogP contribution in [0.25, 0.3) is 11.0 Å². The van der Waals surface area contributed by atoms with E-state index in [9.17, 15) is 4.79 Å². The third kappa shape index (κ3) is 3.18. The van der Waals surface area contributed by atoms with Crippen LogP contribution in [-0.4, -0.2) is 11.9 Å². The summed E-state index contributed by atoms with van der Waals surface area (Å²) >= 11 is 0. The number of furan rings is 1. The van der Waals surface area contributed by atoms with Crippen LogP contribution in [0.4, 0.5) is 0 Å². The molecule has 0 aliphatic heterocycles. The topological polar surface area (TPSA) is 42.2 Å². The molecule has 1 aliphatic carbocycles. The molecular formula is C19H25NO2. The SMILES string of the molecule is CCc1ccc2c(CC(=O)N[C@@H]3CCCC[C@@H]3C)coc2c1. The second kappa shape index (κ2) is 6.55. The summed E-state index contributed by atoms with van der Waals surface area (Å²) < 4.78 is 5.62. The van der Waals surface area contributed by atoms with Gasteiger partial charge in [0.2, 0.25) is 5.91 Å². The highest BCUT2D eigenvalue weighted by Crippen LogP contribution is 2.25. The summed E-state index contributed by atoms with van der Waals surface area (Å²) in [6, 6.07) is 6.59. The Balaban J connectivity index is 1.68. The zero-order valence-corrected chi connectivity index (χ0v) is 13.5. The lowest BCUT2D eigenvalue weighted by Crippen LogP contribution is -2.41. The normalized spacial score (nSPS) is 21.9. The first-order chi connectivity index (χ1) is 10.7. The molecule has 0 spiro atoms. The molecule has 0 radical (unpaired) electrons. The average Bonchev–Trinajstić information content (AvgIpc) is 2.91. The summed E-state index contributed by atoms with van der Waals surface area (Å²) in [6.07, 6.45) is 7.98. The number of amides is 1. The van der Waals surface area contributed by atoms with Gasteiger partial charge in [-0.1, -0.05) is 38.8 Å². The Morgan fingerprint density at radius 1 is 1.32 bits per heavy atom. The molecule has 1 N–H and O–H groups in total. The third-order valence-electron chi connectivity index (χ3n) is 4.94. The van der Waals surface area contributed by atoms with Crippen LogP contribution < -0.4 is 5.32 Å². The summed E-state index contributed by atoms with van der Waals surface area (Å²) in [7, 11) is 0. The van der Waals surface area contributed by atoms with Gasteiger partial charge in [-0.2, -0.15) is 0 Å². The van der Waals surface area contributed by atoms with E-state index in [1.165, 1.54) is 24.8 Å². The minimum Gasteiger partial charge on any atom is -0.464 e. The molecule has 1 aliphatic rings. The van der Waals surface area contributed by atoms with Crippen LogP contribution in [0.2, 0.25) is 0 Å². The lowest BCUT2D eigenvalue weighted by Gasteiger charge is -2.29. The Morgan fingerprint density at radius 2 is 2.14 bits per heavy atom. The minimum atomic E-state index is 0.112. The van der Waals surface area contributed by atoms with Crippen molar-refractivity contribution in [3.05, 3.63) is 35.6 Å². The first-order valence-electron chi connectivity index (χ1n) is 8.45. The Labute approximate surface area is 132 Å². The second-order valence-electron chi connectivity index (χ2n) is 6.56. The zero-order valence-electron chi connectivity index (χ0n) is 13.5. The Kier molecular flexibility index (Phi) is 4.51. The summed E-state index contributed by atoms with van der Waals surface area (Å²) in [5.41, 5.74) is 3.13. The maximum atomic E-state index is 12.3. The second-order valence-corrected chi connectivity index (χ2v) is 6.56. The van der Waals surface area contributed by atoms with Crippen molar-refractivity contribution in [1.82, 2.24) is 5.32 Å². The molecule has 1 saturated carbocycles. The predicted octanol–water partition coefficient (Wildman–Crippen LogP) is 4.23. The number of nitrogens with one attached hydrogen (secondary N) is 1. The van der Waals surface area contributed by atoms with Crippen LogP contribution in [0, 0.1) is 5.92 Å². The monoisotopic (exact) mass is 299 g/mol. The Hall–Kier alpha value is -1.77. The highest BCUT2D eigenvalue weighted by Gasteiger charge is 2.23. The molecule has 118 valence electrons. The van der Waals surface area contributed by atoms with Gasteiger partial charge in [-0.3, -0.25) is 4.79 Å². The van der Waals surface area contributed by atoms with Gasteiger partial charge in [0, 0.05) is 17.0 Å². The fourth-order valence-electron chi connectivity index (χ4n) is 3.45. The van der Waals surface area contributed by atoms with Crippen LogP contribution >= 0.6 is 0 Å². The molecule has 0 saturated heterocycles. The fourth-order valence-corrected chi connectivity index (χ4v) is 3.45. The number of carbonyl (C=O) groups is 1. The lowest BCUT2D eigenvalue weighted by molar-refractivity contribution is -0.121. The van der Waals surface area contributed by atoms with Gasteiger partial charge >= 0.3 is 0 Å². The molecule has 1 fully saturated rings. The maximum Gasteiger partial charge on any atom is 0.224 e. The smallest absolute Gasteiger partial charge is 0.224 e. The number of carbonyl (C=O) groups excluding carboxylic acids is 1. The molecule has 1 aromatic heterocycles. The molecular weight excluding hydrogens is 274 g/mol. The molecule has 22 heavy (non-hydrogen) atoms. The molecule has 2 aromatic rings. The van der Waals surface area contributed by atoms with Crippen molar-refractivity contribution in [2.24, 2.45) is 5.92 Å². The van der Waals surface area contributed by atoms with Gasteiger partial charge in [0.05, 0.1) is 12.7 Å². The number of benzene rings is 1. The van der Waals surface area contributed by atoms with Crippen molar-refractivity contribution >= 4 is 16.9 Å². The van der Waals surface area contributed by atoms with Crippen molar-refractivity contribution < 1.29 is 9.21 Å². The first-order valence-corrected chi connectivity index (χ1v) is 8.45. The van der Waals surface area contributed by atoms with Crippen molar-refractivity contribution in [2.75, 3.05) is 0 Å². The van der Waals surface area contributed by atoms with Gasteiger partial charge in [0.15, 0.2) is 0 Å². The van der Waals surface area contributed by atoms with Crippen LogP contribution in [-0.2, 0) is 17.6 Å². The molecule has 0 unspecified atom stereocenters. The number of hydrogen-bond acceptors (Lipinski definition) is 2. The summed E-state index contributed by atoms with van der Waals surface area (Å²) in [6.45, 7) is 4.37. The average molecular weight is 299 g/mol. The zero-order chi connectivity index (χ0) is 15.5. The van der Waals surface area contributed by atoms with E-state index in [4.69, 9.17) is 4.42 Å². The largest absolute Gasteiger partial charge is 0.464 e. The van der Waals surface area contributed by atoms with Crippen LogP contribution in [0.1, 0.15) is 50.7 Å². The molecule has 3 heteroatoms. The quantitative estimate of drug-likeness (QED) is 0.918. The van der Waals surface area contributed by atoms with Gasteiger partial charge in [-0.25, -0.2) is 0 Å². The van der Waals surface area contributed by atoms with E-state index in [0.29, 0.717) is 18.4 Å². The summed E-state index contributed by atoms with van der Waals surface area (Å²) in [5, 5.41) is 4.27. The van der Waals surface area contributed by atoms with Crippen molar-refractivity contribution in [1.29, 1.82) is 0 Å². The lowest BCUT2D eigenvalue weighted by atomic mass is 9.86. The number of rotatable bonds is 4. The first kappa shape index (κ1) is 15.1. The van der Waals surface area contributed by atoms with Crippen molar-refractivity contribution in [3.63, 3.8) is 0 Å². The van der Waals surface area contributed by atoms with E-state index in [-0.39, 0.29) is 5.91 Å². The van der Waals surface area contributed by atoms with Gasteiger partial charge in [-0.05, 0) is 36.8 Å². The third-order valence-corrected chi connectivity index (χ3v) is 4.94.